The van der Waals surface area contributed by atoms with Gasteiger partial charge in [0.15, 0.2) is 0 Å². The number of carbonyl (C=O) groups is 1. The van der Waals surface area contributed by atoms with Crippen molar-refractivity contribution in [3.8, 4) is 34.3 Å². The monoisotopic (exact) mass is 616 g/mol. The minimum Gasteiger partial charge on any atom is -0.481 e. The molecule has 0 radical (unpaired) electrons. The average molecular weight is 617 g/mol. The Morgan fingerprint density at radius 3 is 2.54 bits per heavy atom. The number of rotatable bonds is 8. The lowest BCUT2D eigenvalue weighted by Gasteiger charge is -2.56. The summed E-state index contributed by atoms with van der Waals surface area (Å²) in [5.74, 6) is 1.46. The van der Waals surface area contributed by atoms with Gasteiger partial charge >= 0.3 is 0 Å². The van der Waals surface area contributed by atoms with E-state index in [-0.39, 0.29) is 5.91 Å². The number of piperidine rings is 1. The Balaban J connectivity index is 1.14. The summed E-state index contributed by atoms with van der Waals surface area (Å²) in [7, 11) is 3.50. The van der Waals surface area contributed by atoms with E-state index < -0.39 is 5.54 Å². The molecule has 1 N–H and O–H groups in total. The van der Waals surface area contributed by atoms with Crippen molar-refractivity contribution in [3.63, 3.8) is 0 Å². The predicted octanol–water partition coefficient (Wildman–Crippen LogP) is 3.91. The summed E-state index contributed by atoms with van der Waals surface area (Å²) in [6, 6.07) is 15.4. The van der Waals surface area contributed by atoms with Crippen molar-refractivity contribution in [1.82, 2.24) is 39.6 Å². The highest BCUT2D eigenvalue weighted by Crippen LogP contribution is 2.37. The number of anilines is 1. The van der Waals surface area contributed by atoms with E-state index in [1.54, 1.807) is 22.5 Å². The van der Waals surface area contributed by atoms with Crippen molar-refractivity contribution in [2.24, 2.45) is 7.05 Å². The fraction of sp³-hybridized carbons (Fsp3) is 0.353. The first-order valence-corrected chi connectivity index (χ1v) is 15.3. The van der Waals surface area contributed by atoms with Gasteiger partial charge in [-0.1, -0.05) is 6.07 Å². The Morgan fingerprint density at radius 1 is 1.09 bits per heavy atom. The predicted molar refractivity (Wildman–Crippen MR) is 173 cm³/mol. The van der Waals surface area contributed by atoms with Crippen molar-refractivity contribution in [2.45, 2.75) is 51.4 Å². The molecule has 46 heavy (non-hydrogen) atoms. The SMILES string of the molecule is COc1ccc(CN2C3CC2CN(c2ccc(-c4cc(-c5cc(C(C)(C)NC(C)=O)n(C)n5)cn5ncc(C#N)c45)cn2)C3)cn1. The topological polar surface area (TPSA) is 130 Å². The molecule has 2 atom stereocenters. The van der Waals surface area contributed by atoms with Gasteiger partial charge in [0.1, 0.15) is 11.9 Å². The standard InChI is InChI=1S/C34H36N10O2/c1-21(45)39-34(2,3)30-12-29(40-41(30)4)24-10-28(33-25(13-35)16-38-44(33)18-24)23-7-8-31(36-15-23)42-19-26-11-27(20-42)43(26)17-22-6-9-32(46-5)37-14-22/h6-10,12,14-16,18,26-27H,11,17,19-20H2,1-5H3,(H,39,45). The van der Waals surface area contributed by atoms with Crippen LogP contribution in [0.4, 0.5) is 5.82 Å². The molecule has 1 amide bonds. The lowest BCUT2D eigenvalue weighted by atomic mass is 9.87. The Labute approximate surface area is 267 Å². The third-order valence-electron chi connectivity index (χ3n) is 9.14. The molecular formula is C34H36N10O2. The Bertz CT molecular complexity index is 1960. The van der Waals surface area contributed by atoms with Gasteiger partial charge in [-0.05, 0) is 50.1 Å². The highest BCUT2D eigenvalue weighted by Gasteiger charge is 2.44. The third-order valence-corrected chi connectivity index (χ3v) is 9.14. The molecule has 8 rings (SSSR count). The molecule has 5 aromatic rings. The maximum Gasteiger partial charge on any atom is 0.217 e. The Morgan fingerprint density at radius 2 is 1.89 bits per heavy atom. The van der Waals surface area contributed by atoms with Gasteiger partial charge in [-0.15, -0.1) is 0 Å². The van der Waals surface area contributed by atoms with E-state index >= 15 is 0 Å². The highest BCUT2D eigenvalue weighted by molar-refractivity contribution is 5.87. The van der Waals surface area contributed by atoms with Gasteiger partial charge in [-0.25, -0.2) is 14.5 Å². The number of methoxy groups -OCH3 is 1. The van der Waals surface area contributed by atoms with Crippen LogP contribution in [0.3, 0.4) is 0 Å². The number of ether oxygens (including phenoxy) is 1. The quantitative estimate of drug-likeness (QED) is 0.276. The second-order valence-corrected chi connectivity index (χ2v) is 12.7. The van der Waals surface area contributed by atoms with Crippen molar-refractivity contribution in [1.29, 1.82) is 5.26 Å². The number of fused-ring (bicyclic) bond motifs is 3. The van der Waals surface area contributed by atoms with E-state index in [4.69, 9.17) is 14.8 Å². The second kappa shape index (κ2) is 11.3. The molecule has 2 bridgehead atoms. The number of aryl methyl sites for hydroxylation is 1. The number of nitrogens with one attached hydrogen (secondary N) is 1. The highest BCUT2D eigenvalue weighted by atomic mass is 16.5. The normalized spacial score (nSPS) is 17.9. The second-order valence-electron chi connectivity index (χ2n) is 12.7. The number of aromatic nitrogens is 6. The number of nitrogens with zero attached hydrogens (tertiary/aromatic N) is 9. The molecule has 12 nitrogen and oxygen atoms in total. The summed E-state index contributed by atoms with van der Waals surface area (Å²) in [6.45, 7) is 8.13. The summed E-state index contributed by atoms with van der Waals surface area (Å²) < 4.78 is 8.71. The molecule has 3 aliphatic heterocycles. The molecule has 3 aliphatic rings. The van der Waals surface area contributed by atoms with E-state index in [1.807, 2.05) is 57.7 Å². The van der Waals surface area contributed by atoms with Crippen LogP contribution in [0.2, 0.25) is 0 Å². The number of piperazine rings is 1. The maximum absolute atomic E-state index is 11.8. The van der Waals surface area contributed by atoms with Gasteiger partial charge in [-0.3, -0.25) is 14.4 Å². The van der Waals surface area contributed by atoms with Crippen molar-refractivity contribution in [3.05, 3.63) is 78.0 Å². The van der Waals surface area contributed by atoms with Crippen molar-refractivity contribution < 1.29 is 9.53 Å². The summed E-state index contributed by atoms with van der Waals surface area (Å²) in [5.41, 5.74) is 5.95. The lowest BCUT2D eigenvalue weighted by molar-refractivity contribution is -0.120. The smallest absolute Gasteiger partial charge is 0.217 e. The molecule has 0 aliphatic carbocycles. The summed E-state index contributed by atoms with van der Waals surface area (Å²) in [6.07, 6.45) is 8.44. The molecule has 12 heteroatoms. The Kier molecular flexibility index (Phi) is 7.21. The largest absolute Gasteiger partial charge is 0.481 e. The fourth-order valence-electron chi connectivity index (χ4n) is 6.96. The van der Waals surface area contributed by atoms with Crippen LogP contribution >= 0.6 is 0 Å². The van der Waals surface area contributed by atoms with Gasteiger partial charge in [0.2, 0.25) is 11.8 Å². The van der Waals surface area contributed by atoms with Gasteiger partial charge in [0.25, 0.3) is 0 Å². The third kappa shape index (κ3) is 5.22. The number of carbonyl (C=O) groups excluding carboxylic acids is 1. The van der Waals surface area contributed by atoms with E-state index in [9.17, 15) is 10.1 Å². The fourth-order valence-corrected chi connectivity index (χ4v) is 6.96. The first kappa shape index (κ1) is 29.4. The number of pyridine rings is 3. The van der Waals surface area contributed by atoms with Crippen LogP contribution < -0.4 is 15.0 Å². The van der Waals surface area contributed by atoms with Crippen molar-refractivity contribution in [2.75, 3.05) is 25.1 Å². The molecule has 2 unspecified atom stereocenters. The summed E-state index contributed by atoms with van der Waals surface area (Å²) in [4.78, 5) is 26.0. The number of hydrogen-bond donors (Lipinski definition) is 1. The van der Waals surface area contributed by atoms with Crippen LogP contribution in [0.25, 0.3) is 27.9 Å². The molecule has 3 fully saturated rings. The van der Waals surface area contributed by atoms with Crippen LogP contribution in [0.1, 0.15) is 44.0 Å². The van der Waals surface area contributed by atoms with Crippen LogP contribution in [0.5, 0.6) is 5.88 Å². The number of nitriles is 1. The van der Waals surface area contributed by atoms with Gasteiger partial charge in [-0.2, -0.15) is 15.5 Å². The molecular weight excluding hydrogens is 580 g/mol. The molecule has 0 aromatic carbocycles. The zero-order valence-electron chi connectivity index (χ0n) is 26.6. The van der Waals surface area contributed by atoms with Crippen molar-refractivity contribution >= 4 is 17.2 Å². The maximum atomic E-state index is 11.8. The molecule has 234 valence electrons. The molecule has 5 aromatic heterocycles. The zero-order chi connectivity index (χ0) is 32.2. The summed E-state index contributed by atoms with van der Waals surface area (Å²) >= 11 is 0. The summed E-state index contributed by atoms with van der Waals surface area (Å²) in [5, 5.41) is 22.1. The molecule has 0 spiro atoms. The van der Waals surface area contributed by atoms with Crippen LogP contribution in [0.15, 0.2) is 61.2 Å². The molecule has 0 saturated carbocycles. The minimum atomic E-state index is -0.614. The zero-order valence-corrected chi connectivity index (χ0v) is 26.6. The minimum absolute atomic E-state index is 0.113. The average Bonchev–Trinajstić information content (AvgIpc) is 3.67. The number of amides is 1. The van der Waals surface area contributed by atoms with E-state index in [1.165, 1.54) is 18.9 Å². The van der Waals surface area contributed by atoms with Crippen LogP contribution in [-0.4, -0.2) is 72.5 Å². The first-order chi connectivity index (χ1) is 22.1. The lowest BCUT2D eigenvalue weighted by Crippen LogP contribution is -2.68. The van der Waals surface area contributed by atoms with Gasteiger partial charge in [0, 0.05) is 87.0 Å². The van der Waals surface area contributed by atoms with Gasteiger partial charge in [0.05, 0.1) is 41.3 Å². The molecule has 3 saturated heterocycles. The van der Waals surface area contributed by atoms with E-state index in [0.29, 0.717) is 23.5 Å². The first-order valence-electron chi connectivity index (χ1n) is 15.3. The Hall–Kier alpha value is -5.28. The van der Waals surface area contributed by atoms with E-state index in [2.05, 4.69) is 49.5 Å². The van der Waals surface area contributed by atoms with Crippen LogP contribution in [0, 0.1) is 11.3 Å². The van der Waals surface area contributed by atoms with Crippen LogP contribution in [-0.2, 0) is 23.9 Å². The van der Waals surface area contributed by atoms with Gasteiger partial charge < -0.3 is 15.0 Å². The number of hydrogen-bond acceptors (Lipinski definition) is 9. The van der Waals surface area contributed by atoms with E-state index in [0.717, 1.165) is 59.0 Å². The molecule has 8 heterocycles.